The van der Waals surface area contributed by atoms with Gasteiger partial charge in [0.2, 0.25) is 0 Å². The lowest BCUT2D eigenvalue weighted by Gasteiger charge is -2.41. The molecule has 2 rings (SSSR count). The zero-order chi connectivity index (χ0) is 21.5. The minimum atomic E-state index is -3.40. The molecule has 8 nitrogen and oxygen atoms in total. The number of hydroxylamine groups is 1. The van der Waals surface area contributed by atoms with E-state index >= 15 is 0 Å². The number of aliphatic hydroxyl groups is 1. The lowest BCUT2D eigenvalue weighted by atomic mass is 9.83. The first-order valence-electron chi connectivity index (χ1n) is 8.40. The van der Waals surface area contributed by atoms with Crippen LogP contribution in [0.15, 0.2) is 24.3 Å². The predicted octanol–water partition coefficient (Wildman–Crippen LogP) is -0.924. The van der Waals surface area contributed by atoms with Gasteiger partial charge in [-0.05, 0) is 36.1 Å². The molecule has 1 heterocycles. The molecule has 1 unspecified atom stereocenters. The Morgan fingerprint density at radius 3 is 2.38 bits per heavy atom. The molecule has 150 valence electrons. The molecule has 1 aromatic rings. The van der Waals surface area contributed by atoms with Gasteiger partial charge in [-0.2, -0.15) is 0 Å². The van der Waals surface area contributed by atoms with E-state index in [0.717, 1.165) is 0 Å². The number of sulfone groups is 1. The van der Waals surface area contributed by atoms with Crippen molar-refractivity contribution in [3.63, 3.8) is 0 Å². The zero-order valence-electron chi connectivity index (χ0n) is 15.2. The van der Waals surface area contributed by atoms with E-state index in [9.17, 15) is 18.0 Å². The molecule has 1 saturated heterocycles. The van der Waals surface area contributed by atoms with E-state index in [-0.39, 0.29) is 12.2 Å². The molecule has 2 amide bonds. The molecular formula is C20H18N2O6S. The van der Waals surface area contributed by atoms with Gasteiger partial charge in [0.05, 0.1) is 23.5 Å². The molecule has 0 aliphatic carbocycles. The third-order valence-electron chi connectivity index (χ3n) is 4.18. The van der Waals surface area contributed by atoms with Crippen molar-refractivity contribution < 1.29 is 28.3 Å². The molecule has 1 aromatic carbocycles. The highest BCUT2D eigenvalue weighted by molar-refractivity contribution is 7.92. The summed E-state index contributed by atoms with van der Waals surface area (Å²) in [6.45, 7) is -0.0410. The summed E-state index contributed by atoms with van der Waals surface area (Å²) in [5.74, 6) is 10.3. The Balaban J connectivity index is 2.15. The van der Waals surface area contributed by atoms with Gasteiger partial charge in [-0.15, -0.1) is 6.42 Å². The van der Waals surface area contributed by atoms with E-state index in [2.05, 4.69) is 34.9 Å². The normalized spacial score (nSPS) is 16.3. The van der Waals surface area contributed by atoms with Crippen LogP contribution in [0.25, 0.3) is 0 Å². The number of carbonyl (C=O) groups is 2. The Bertz CT molecular complexity index is 1050. The van der Waals surface area contributed by atoms with Crippen LogP contribution in [-0.2, 0) is 14.6 Å². The molecule has 0 radical (unpaired) electrons. The maximum Gasteiger partial charge on any atom is 0.267 e. The monoisotopic (exact) mass is 414 g/mol. The Morgan fingerprint density at radius 2 is 1.86 bits per heavy atom. The van der Waals surface area contributed by atoms with Gasteiger partial charge >= 0.3 is 0 Å². The van der Waals surface area contributed by atoms with Gasteiger partial charge in [-0.25, -0.2) is 13.9 Å². The number of carbonyl (C=O) groups excluding carboxylic acids is 2. The molecule has 29 heavy (non-hydrogen) atoms. The van der Waals surface area contributed by atoms with Crippen molar-refractivity contribution in [2.24, 2.45) is 5.41 Å². The first-order chi connectivity index (χ1) is 13.8. The minimum Gasteiger partial charge on any atom is -0.395 e. The van der Waals surface area contributed by atoms with Crippen molar-refractivity contribution in [3.05, 3.63) is 35.4 Å². The second kappa shape index (κ2) is 9.27. The van der Waals surface area contributed by atoms with Crippen LogP contribution >= 0.6 is 0 Å². The highest BCUT2D eigenvalue weighted by Crippen LogP contribution is 2.36. The molecule has 0 aromatic heterocycles. The number of terminal acetylenes is 1. The van der Waals surface area contributed by atoms with Gasteiger partial charge in [0.25, 0.3) is 11.8 Å². The van der Waals surface area contributed by atoms with E-state index in [0.29, 0.717) is 12.0 Å². The maximum atomic E-state index is 12.5. The fourth-order valence-corrected chi connectivity index (χ4v) is 4.77. The predicted molar refractivity (Wildman–Crippen MR) is 104 cm³/mol. The fourth-order valence-electron chi connectivity index (χ4n) is 2.78. The summed E-state index contributed by atoms with van der Waals surface area (Å²) in [5, 5.41) is 20.0. The minimum absolute atomic E-state index is 0.0410. The molecular weight excluding hydrogens is 396 g/mol. The third-order valence-corrected chi connectivity index (χ3v) is 6.09. The zero-order valence-corrected chi connectivity index (χ0v) is 16.0. The lowest BCUT2D eigenvalue weighted by Crippen LogP contribution is -2.65. The first kappa shape index (κ1) is 22.0. The average molecular weight is 414 g/mol. The van der Waals surface area contributed by atoms with E-state index in [1.54, 1.807) is 12.1 Å². The smallest absolute Gasteiger partial charge is 0.267 e. The van der Waals surface area contributed by atoms with E-state index in [1.807, 2.05) is 0 Å². The van der Waals surface area contributed by atoms with Crippen LogP contribution < -0.4 is 10.8 Å². The molecule has 0 spiro atoms. The van der Waals surface area contributed by atoms with Gasteiger partial charge in [0, 0.05) is 17.5 Å². The Kier molecular flexibility index (Phi) is 7.03. The van der Waals surface area contributed by atoms with Crippen molar-refractivity contribution in [2.45, 2.75) is 12.5 Å². The van der Waals surface area contributed by atoms with Crippen molar-refractivity contribution in [1.82, 2.24) is 10.8 Å². The molecule has 0 bridgehead atoms. The highest BCUT2D eigenvalue weighted by Gasteiger charge is 2.55. The molecule has 9 heteroatoms. The summed E-state index contributed by atoms with van der Waals surface area (Å²) in [5.41, 5.74) is 0.762. The summed E-state index contributed by atoms with van der Waals surface area (Å²) in [7, 11) is -3.40. The second-order valence-electron chi connectivity index (χ2n) is 6.32. The molecule has 1 atom stereocenters. The Labute approximate surface area is 168 Å². The molecule has 1 aliphatic rings. The van der Waals surface area contributed by atoms with Crippen LogP contribution in [0.2, 0.25) is 0 Å². The van der Waals surface area contributed by atoms with Gasteiger partial charge < -0.3 is 10.4 Å². The summed E-state index contributed by atoms with van der Waals surface area (Å²) in [4.78, 5) is 24.5. The standard InChI is InChI=1S/C20H18N2O6S/c1-2-20(13-29(27,28)14-20)17(19(25)22-26)21-18(24)16-10-8-15(9-11-16)7-5-3-4-6-12-23/h1,8-11,17,23,26H,6,12-14H2,(H,21,24)(H,22,25). The molecule has 4 N–H and O–H groups in total. The van der Waals surface area contributed by atoms with Crippen LogP contribution in [0.3, 0.4) is 0 Å². The Morgan fingerprint density at radius 1 is 1.21 bits per heavy atom. The van der Waals surface area contributed by atoms with E-state index in [1.165, 1.54) is 17.6 Å². The van der Waals surface area contributed by atoms with E-state index < -0.39 is 44.6 Å². The largest absolute Gasteiger partial charge is 0.395 e. The second-order valence-corrected chi connectivity index (χ2v) is 8.38. The number of hydrogen-bond acceptors (Lipinski definition) is 6. The molecule has 0 saturated carbocycles. The lowest BCUT2D eigenvalue weighted by molar-refractivity contribution is -0.133. The van der Waals surface area contributed by atoms with Crippen LogP contribution in [0.5, 0.6) is 0 Å². The van der Waals surface area contributed by atoms with Crippen molar-refractivity contribution in [1.29, 1.82) is 0 Å². The number of rotatable bonds is 5. The number of nitrogens with one attached hydrogen (secondary N) is 2. The molecule has 1 aliphatic heterocycles. The number of benzene rings is 1. The average Bonchev–Trinajstić information content (AvgIpc) is 2.69. The quantitative estimate of drug-likeness (QED) is 0.280. The maximum absolute atomic E-state index is 12.5. The summed E-state index contributed by atoms with van der Waals surface area (Å²) in [6, 6.07) is 4.65. The first-order valence-corrected chi connectivity index (χ1v) is 10.2. The third kappa shape index (κ3) is 5.37. The van der Waals surface area contributed by atoms with Crippen molar-refractivity contribution in [2.75, 3.05) is 18.1 Å². The number of aliphatic hydroxyl groups excluding tert-OH is 1. The Hall–Kier alpha value is -3.29. The van der Waals surface area contributed by atoms with Crippen LogP contribution in [0, 0.1) is 41.4 Å². The summed E-state index contributed by atoms with van der Waals surface area (Å²) < 4.78 is 23.2. The number of hydrogen-bond donors (Lipinski definition) is 4. The van der Waals surface area contributed by atoms with Crippen molar-refractivity contribution >= 4 is 21.7 Å². The van der Waals surface area contributed by atoms with Gasteiger partial charge in [0.15, 0.2) is 9.84 Å². The summed E-state index contributed by atoms with van der Waals surface area (Å²) in [6.07, 6.45) is 5.76. The fraction of sp³-hybridized carbons (Fsp3) is 0.300. The van der Waals surface area contributed by atoms with Gasteiger partial charge in [0.1, 0.15) is 6.04 Å². The van der Waals surface area contributed by atoms with Crippen LogP contribution in [-0.4, -0.2) is 54.7 Å². The SMILES string of the molecule is C#CC1(C(NC(=O)c2ccc(C#CC#CCCO)cc2)C(=O)NO)CS(=O)(=O)C1. The topological polar surface area (TPSA) is 133 Å². The van der Waals surface area contributed by atoms with Gasteiger partial charge in [-0.1, -0.05) is 17.8 Å². The van der Waals surface area contributed by atoms with E-state index in [4.69, 9.17) is 16.7 Å². The number of amides is 2. The highest BCUT2D eigenvalue weighted by atomic mass is 32.2. The van der Waals surface area contributed by atoms with Crippen LogP contribution in [0.1, 0.15) is 22.3 Å². The van der Waals surface area contributed by atoms with Crippen molar-refractivity contribution in [3.8, 4) is 36.0 Å². The molecule has 1 fully saturated rings. The van der Waals surface area contributed by atoms with Gasteiger partial charge in [-0.3, -0.25) is 14.8 Å². The van der Waals surface area contributed by atoms with Crippen LogP contribution in [0.4, 0.5) is 0 Å². The summed E-state index contributed by atoms with van der Waals surface area (Å²) >= 11 is 0.